The van der Waals surface area contributed by atoms with Crippen LogP contribution < -0.4 is 0 Å². The third kappa shape index (κ3) is 3.47. The van der Waals surface area contributed by atoms with Crippen molar-refractivity contribution >= 4 is 28.8 Å². The second kappa shape index (κ2) is 6.23. The summed E-state index contributed by atoms with van der Waals surface area (Å²) in [6.45, 7) is 2.35. The summed E-state index contributed by atoms with van der Waals surface area (Å²) in [5.74, 6) is -0.310. The van der Waals surface area contributed by atoms with Crippen LogP contribution >= 0.6 is 22.9 Å². The molecule has 0 aromatic carbocycles. The Labute approximate surface area is 105 Å². The lowest BCUT2D eigenvalue weighted by Crippen LogP contribution is -2.33. The van der Waals surface area contributed by atoms with E-state index in [0.717, 1.165) is 9.21 Å². The van der Waals surface area contributed by atoms with Crippen molar-refractivity contribution in [2.24, 2.45) is 5.92 Å². The molecule has 0 aliphatic rings. The quantitative estimate of drug-likeness (QED) is 0.884. The van der Waals surface area contributed by atoms with E-state index in [1.807, 2.05) is 19.1 Å². The third-order valence-electron chi connectivity index (χ3n) is 2.46. The summed E-state index contributed by atoms with van der Waals surface area (Å²) < 4.78 is 0.727. The predicted octanol–water partition coefficient (Wildman–Crippen LogP) is 2.38. The van der Waals surface area contributed by atoms with Crippen molar-refractivity contribution in [3.05, 3.63) is 21.3 Å². The fourth-order valence-electron chi connectivity index (χ4n) is 1.44. The maximum absolute atomic E-state index is 11.9. The molecule has 90 valence electrons. The van der Waals surface area contributed by atoms with E-state index in [1.165, 1.54) is 11.3 Å². The molecular formula is C11H16ClNO2S. The molecule has 1 heterocycles. The molecule has 1 unspecified atom stereocenters. The van der Waals surface area contributed by atoms with E-state index < -0.39 is 0 Å². The molecule has 1 atom stereocenters. The topological polar surface area (TPSA) is 40.5 Å². The fraction of sp³-hybridized carbons (Fsp3) is 0.545. The van der Waals surface area contributed by atoms with E-state index >= 15 is 0 Å². The van der Waals surface area contributed by atoms with Gasteiger partial charge in [0.1, 0.15) is 0 Å². The summed E-state index contributed by atoms with van der Waals surface area (Å²) in [6.07, 6.45) is 0.658. The molecule has 1 aromatic heterocycles. The van der Waals surface area contributed by atoms with Gasteiger partial charge in [0.05, 0.1) is 23.4 Å². The van der Waals surface area contributed by atoms with Gasteiger partial charge in [-0.25, -0.2) is 0 Å². The number of hydrogen-bond acceptors (Lipinski definition) is 3. The second-order valence-corrected chi connectivity index (χ2v) is 5.49. The zero-order chi connectivity index (χ0) is 12.1. The minimum absolute atomic E-state index is 0.0190. The monoisotopic (exact) mass is 261 g/mol. The molecule has 0 bridgehead atoms. The molecule has 0 fully saturated rings. The average molecular weight is 262 g/mol. The smallest absolute Gasteiger partial charge is 0.228 e. The number of aliphatic hydroxyl groups is 1. The number of nitrogens with zero attached hydrogens (tertiary/aromatic N) is 1. The Bertz CT molecular complexity index is 350. The van der Waals surface area contributed by atoms with Crippen molar-refractivity contribution in [1.82, 2.24) is 4.90 Å². The number of thiophene rings is 1. The number of carbonyl (C=O) groups is 1. The Balaban J connectivity index is 2.57. The summed E-state index contributed by atoms with van der Waals surface area (Å²) in [6, 6.07) is 3.74. The minimum Gasteiger partial charge on any atom is -0.396 e. The number of halogens is 1. The van der Waals surface area contributed by atoms with Gasteiger partial charge in [0.15, 0.2) is 0 Å². The lowest BCUT2D eigenvalue weighted by Gasteiger charge is -2.21. The van der Waals surface area contributed by atoms with Gasteiger partial charge in [-0.3, -0.25) is 4.79 Å². The first-order valence-corrected chi connectivity index (χ1v) is 6.38. The molecule has 5 heteroatoms. The molecular weight excluding hydrogens is 246 g/mol. The van der Waals surface area contributed by atoms with Crippen LogP contribution in [0, 0.1) is 5.92 Å². The molecule has 16 heavy (non-hydrogen) atoms. The van der Waals surface area contributed by atoms with E-state index in [9.17, 15) is 4.79 Å². The van der Waals surface area contributed by atoms with Gasteiger partial charge in [-0.1, -0.05) is 18.5 Å². The maximum Gasteiger partial charge on any atom is 0.228 e. The first-order chi connectivity index (χ1) is 7.58. The van der Waals surface area contributed by atoms with Crippen LogP contribution in [-0.2, 0) is 11.3 Å². The molecule has 1 aromatic rings. The summed E-state index contributed by atoms with van der Waals surface area (Å²) in [5.41, 5.74) is 0. The molecule has 0 saturated heterocycles. The molecule has 0 radical (unpaired) electrons. The first-order valence-electron chi connectivity index (χ1n) is 5.18. The zero-order valence-corrected chi connectivity index (χ0v) is 11.0. The second-order valence-electron chi connectivity index (χ2n) is 3.69. The van der Waals surface area contributed by atoms with Gasteiger partial charge in [-0.15, -0.1) is 11.3 Å². The fourth-order valence-corrected chi connectivity index (χ4v) is 2.58. The SMILES string of the molecule is CCC(CO)C(=O)N(C)Cc1ccc(Cl)s1. The van der Waals surface area contributed by atoms with Gasteiger partial charge in [0, 0.05) is 11.9 Å². The molecule has 0 spiro atoms. The van der Waals surface area contributed by atoms with E-state index in [4.69, 9.17) is 16.7 Å². The molecule has 1 rings (SSSR count). The average Bonchev–Trinajstić information content (AvgIpc) is 2.65. The van der Waals surface area contributed by atoms with E-state index in [-0.39, 0.29) is 18.4 Å². The number of rotatable bonds is 5. The van der Waals surface area contributed by atoms with Crippen LogP contribution in [-0.4, -0.2) is 29.6 Å². The molecule has 3 nitrogen and oxygen atoms in total. The minimum atomic E-state index is -0.291. The number of hydrogen-bond donors (Lipinski definition) is 1. The number of aliphatic hydroxyl groups excluding tert-OH is 1. The molecule has 1 amide bonds. The Hall–Kier alpha value is -0.580. The van der Waals surface area contributed by atoms with Crippen molar-refractivity contribution in [1.29, 1.82) is 0 Å². The van der Waals surface area contributed by atoms with Crippen molar-refractivity contribution in [3.8, 4) is 0 Å². The zero-order valence-electron chi connectivity index (χ0n) is 9.44. The van der Waals surface area contributed by atoms with Crippen molar-refractivity contribution in [2.45, 2.75) is 19.9 Å². The van der Waals surface area contributed by atoms with Crippen LogP contribution in [0.2, 0.25) is 4.34 Å². The molecule has 1 N–H and O–H groups in total. The van der Waals surface area contributed by atoms with Crippen molar-refractivity contribution in [2.75, 3.05) is 13.7 Å². The highest BCUT2D eigenvalue weighted by atomic mass is 35.5. The van der Waals surface area contributed by atoms with Crippen molar-refractivity contribution < 1.29 is 9.90 Å². The van der Waals surface area contributed by atoms with Crippen LogP contribution in [0.4, 0.5) is 0 Å². The van der Waals surface area contributed by atoms with Gasteiger partial charge in [0.2, 0.25) is 5.91 Å². The summed E-state index contributed by atoms with van der Waals surface area (Å²) in [4.78, 5) is 14.5. The number of amides is 1. The molecule has 0 aliphatic heterocycles. The largest absolute Gasteiger partial charge is 0.396 e. The highest BCUT2D eigenvalue weighted by Gasteiger charge is 2.19. The predicted molar refractivity (Wildman–Crippen MR) is 66.7 cm³/mol. The van der Waals surface area contributed by atoms with Gasteiger partial charge in [-0.05, 0) is 18.6 Å². The van der Waals surface area contributed by atoms with Crippen LogP contribution in [0.25, 0.3) is 0 Å². The highest BCUT2D eigenvalue weighted by Crippen LogP contribution is 2.22. The normalized spacial score (nSPS) is 12.5. The van der Waals surface area contributed by atoms with Crippen LogP contribution in [0.1, 0.15) is 18.2 Å². The lowest BCUT2D eigenvalue weighted by molar-refractivity contribution is -0.136. The van der Waals surface area contributed by atoms with Crippen LogP contribution in [0.3, 0.4) is 0 Å². The Morgan fingerprint density at radius 3 is 2.75 bits per heavy atom. The van der Waals surface area contributed by atoms with Crippen molar-refractivity contribution in [3.63, 3.8) is 0 Å². The summed E-state index contributed by atoms with van der Waals surface area (Å²) >= 11 is 7.29. The van der Waals surface area contributed by atoms with Gasteiger partial charge in [-0.2, -0.15) is 0 Å². The summed E-state index contributed by atoms with van der Waals surface area (Å²) in [5, 5.41) is 9.05. The summed E-state index contributed by atoms with van der Waals surface area (Å²) in [7, 11) is 1.74. The molecule has 0 aliphatic carbocycles. The Kier molecular flexibility index (Phi) is 5.25. The maximum atomic E-state index is 11.9. The van der Waals surface area contributed by atoms with Gasteiger partial charge < -0.3 is 10.0 Å². The number of carbonyl (C=O) groups excluding carboxylic acids is 1. The molecule has 0 saturated carbocycles. The van der Waals surface area contributed by atoms with Crippen LogP contribution in [0.15, 0.2) is 12.1 Å². The van der Waals surface area contributed by atoms with Gasteiger partial charge >= 0.3 is 0 Å². The Morgan fingerprint density at radius 2 is 2.31 bits per heavy atom. The lowest BCUT2D eigenvalue weighted by atomic mass is 10.1. The Morgan fingerprint density at radius 1 is 1.62 bits per heavy atom. The standard InChI is InChI=1S/C11H16ClNO2S/c1-3-8(7-14)11(15)13(2)6-9-4-5-10(12)16-9/h4-5,8,14H,3,6-7H2,1-2H3. The van der Waals surface area contributed by atoms with Gasteiger partial charge in [0.25, 0.3) is 0 Å². The third-order valence-corrected chi connectivity index (χ3v) is 3.68. The highest BCUT2D eigenvalue weighted by molar-refractivity contribution is 7.16. The van der Waals surface area contributed by atoms with E-state index in [1.54, 1.807) is 11.9 Å². The van der Waals surface area contributed by atoms with Crippen LogP contribution in [0.5, 0.6) is 0 Å². The van der Waals surface area contributed by atoms with E-state index in [0.29, 0.717) is 13.0 Å². The van der Waals surface area contributed by atoms with E-state index in [2.05, 4.69) is 0 Å². The first kappa shape index (κ1) is 13.5.